The Morgan fingerprint density at radius 1 is 1.12 bits per heavy atom. The van der Waals surface area contributed by atoms with Crippen LogP contribution in [-0.2, 0) is 4.79 Å². The Hall–Kier alpha value is -3.36. The highest BCUT2D eigenvalue weighted by Gasteiger charge is 2.15. The molecule has 166 valence electrons. The Balaban J connectivity index is 1.47. The summed E-state index contributed by atoms with van der Waals surface area (Å²) in [6.07, 6.45) is 0.214. The SMILES string of the molecule is C=C(CCNC(=O)COc1ccc(Cl)c(F)c1)NC(=O)c1cc(=O)c2cccc(Cl)c2o1. The molecule has 10 heteroatoms. The second-order valence-electron chi connectivity index (χ2n) is 6.61. The van der Waals surface area contributed by atoms with Crippen molar-refractivity contribution < 1.29 is 23.1 Å². The van der Waals surface area contributed by atoms with E-state index in [-0.39, 0.29) is 57.8 Å². The van der Waals surface area contributed by atoms with Crippen LogP contribution in [-0.4, -0.2) is 25.0 Å². The number of benzene rings is 2. The molecular formula is C22H17Cl2FN2O5. The van der Waals surface area contributed by atoms with Crippen LogP contribution >= 0.6 is 23.2 Å². The Kier molecular flexibility index (Phi) is 7.50. The largest absolute Gasteiger partial charge is 0.484 e. The molecule has 0 bridgehead atoms. The third-order valence-corrected chi connectivity index (χ3v) is 4.83. The van der Waals surface area contributed by atoms with Gasteiger partial charge in [0.25, 0.3) is 11.8 Å². The fourth-order valence-electron chi connectivity index (χ4n) is 2.66. The monoisotopic (exact) mass is 478 g/mol. The molecular weight excluding hydrogens is 462 g/mol. The second-order valence-corrected chi connectivity index (χ2v) is 7.43. The molecule has 0 radical (unpaired) electrons. The molecule has 7 nitrogen and oxygen atoms in total. The van der Waals surface area contributed by atoms with Gasteiger partial charge in [-0.2, -0.15) is 0 Å². The minimum atomic E-state index is -0.673. The van der Waals surface area contributed by atoms with Gasteiger partial charge in [0.15, 0.2) is 23.4 Å². The number of hydrogen-bond acceptors (Lipinski definition) is 5. The first-order valence-corrected chi connectivity index (χ1v) is 10.1. The topological polar surface area (TPSA) is 97.6 Å². The summed E-state index contributed by atoms with van der Waals surface area (Å²) in [5.74, 6) is -1.83. The lowest BCUT2D eigenvalue weighted by atomic mass is 10.2. The molecule has 0 saturated carbocycles. The summed E-state index contributed by atoms with van der Waals surface area (Å²) in [4.78, 5) is 36.4. The third kappa shape index (κ3) is 5.87. The van der Waals surface area contributed by atoms with Crippen molar-refractivity contribution in [1.29, 1.82) is 0 Å². The lowest BCUT2D eigenvalue weighted by molar-refractivity contribution is -0.123. The number of amides is 2. The van der Waals surface area contributed by atoms with Gasteiger partial charge in [-0.05, 0) is 24.3 Å². The standard InChI is InChI=1S/C22H17Cl2FN2O5/c1-12(7-8-26-20(29)11-31-13-5-6-15(23)17(25)9-13)27-22(30)19-10-18(28)14-3-2-4-16(24)21(14)32-19/h2-6,9-10H,1,7-8,11H2,(H,26,29)(H,27,30). The van der Waals surface area contributed by atoms with Crippen LogP contribution in [0.1, 0.15) is 17.0 Å². The molecule has 0 spiro atoms. The van der Waals surface area contributed by atoms with Gasteiger partial charge in [0.2, 0.25) is 0 Å². The van der Waals surface area contributed by atoms with E-state index in [1.165, 1.54) is 12.1 Å². The van der Waals surface area contributed by atoms with Crippen molar-refractivity contribution in [1.82, 2.24) is 10.6 Å². The molecule has 0 aliphatic rings. The second kappa shape index (κ2) is 10.3. The van der Waals surface area contributed by atoms with E-state index in [1.54, 1.807) is 18.2 Å². The number of nitrogens with one attached hydrogen (secondary N) is 2. The molecule has 3 aromatic rings. The van der Waals surface area contributed by atoms with Crippen molar-refractivity contribution in [2.45, 2.75) is 6.42 Å². The van der Waals surface area contributed by atoms with Crippen molar-refractivity contribution in [3.8, 4) is 5.75 Å². The molecule has 2 N–H and O–H groups in total. The van der Waals surface area contributed by atoms with Crippen LogP contribution in [0.15, 0.2) is 64.0 Å². The van der Waals surface area contributed by atoms with Gasteiger partial charge < -0.3 is 19.8 Å². The number of ether oxygens (including phenoxy) is 1. The van der Waals surface area contributed by atoms with E-state index in [0.717, 1.165) is 12.1 Å². The van der Waals surface area contributed by atoms with E-state index in [2.05, 4.69) is 17.2 Å². The minimum absolute atomic E-state index is 0.0478. The number of carbonyl (C=O) groups is 2. The Labute approximate surface area is 191 Å². The molecule has 1 heterocycles. The Morgan fingerprint density at radius 3 is 2.66 bits per heavy atom. The maximum Gasteiger partial charge on any atom is 0.291 e. The zero-order valence-corrected chi connectivity index (χ0v) is 18.1. The zero-order valence-electron chi connectivity index (χ0n) is 16.5. The molecule has 0 aliphatic carbocycles. The van der Waals surface area contributed by atoms with Gasteiger partial charge in [0.1, 0.15) is 11.6 Å². The fourth-order valence-corrected chi connectivity index (χ4v) is 2.99. The maximum atomic E-state index is 13.4. The first-order valence-electron chi connectivity index (χ1n) is 9.30. The first kappa shape index (κ1) is 23.3. The predicted molar refractivity (Wildman–Crippen MR) is 119 cm³/mol. The minimum Gasteiger partial charge on any atom is -0.484 e. The molecule has 32 heavy (non-hydrogen) atoms. The van der Waals surface area contributed by atoms with Crippen LogP contribution in [0.2, 0.25) is 10.0 Å². The van der Waals surface area contributed by atoms with Gasteiger partial charge >= 0.3 is 0 Å². The average Bonchev–Trinajstić information content (AvgIpc) is 2.75. The van der Waals surface area contributed by atoms with Gasteiger partial charge in [-0.15, -0.1) is 0 Å². The van der Waals surface area contributed by atoms with Gasteiger partial charge in [-0.25, -0.2) is 4.39 Å². The predicted octanol–water partition coefficient (Wildman–Crippen LogP) is 4.07. The van der Waals surface area contributed by atoms with Crippen LogP contribution in [0.4, 0.5) is 4.39 Å². The number of hydrogen-bond donors (Lipinski definition) is 2. The van der Waals surface area contributed by atoms with Crippen molar-refractivity contribution in [3.63, 3.8) is 0 Å². The van der Waals surface area contributed by atoms with Crippen LogP contribution < -0.4 is 20.8 Å². The normalized spacial score (nSPS) is 10.6. The number of rotatable bonds is 8. The fraction of sp³-hybridized carbons (Fsp3) is 0.136. The molecule has 2 amide bonds. The molecule has 0 saturated heterocycles. The molecule has 0 unspecified atom stereocenters. The summed E-state index contributed by atoms with van der Waals surface area (Å²) in [5.41, 5.74) is 0.000463. The van der Waals surface area contributed by atoms with E-state index in [1.807, 2.05) is 0 Å². The number of halogens is 3. The van der Waals surface area contributed by atoms with Gasteiger partial charge in [-0.1, -0.05) is 35.8 Å². The summed E-state index contributed by atoms with van der Waals surface area (Å²) in [6.45, 7) is 3.54. The summed E-state index contributed by atoms with van der Waals surface area (Å²) >= 11 is 11.6. The van der Waals surface area contributed by atoms with Crippen molar-refractivity contribution >= 4 is 46.0 Å². The molecule has 0 atom stereocenters. The van der Waals surface area contributed by atoms with Gasteiger partial charge in [0, 0.05) is 30.8 Å². The molecule has 2 aromatic carbocycles. The molecule has 0 aliphatic heterocycles. The van der Waals surface area contributed by atoms with E-state index < -0.39 is 23.1 Å². The summed E-state index contributed by atoms with van der Waals surface area (Å²) in [6, 6.07) is 9.60. The van der Waals surface area contributed by atoms with Crippen molar-refractivity contribution in [3.05, 3.63) is 86.6 Å². The first-order chi connectivity index (χ1) is 15.2. The smallest absolute Gasteiger partial charge is 0.291 e. The zero-order chi connectivity index (χ0) is 23.3. The van der Waals surface area contributed by atoms with E-state index >= 15 is 0 Å². The summed E-state index contributed by atoms with van der Waals surface area (Å²) < 4.78 is 24.0. The van der Waals surface area contributed by atoms with E-state index in [0.29, 0.717) is 0 Å². The Morgan fingerprint density at radius 2 is 1.91 bits per heavy atom. The van der Waals surface area contributed by atoms with Gasteiger partial charge in [-0.3, -0.25) is 14.4 Å². The number of carbonyl (C=O) groups excluding carboxylic acids is 2. The van der Waals surface area contributed by atoms with E-state index in [4.69, 9.17) is 32.4 Å². The Bertz CT molecular complexity index is 1260. The van der Waals surface area contributed by atoms with Crippen LogP contribution in [0.25, 0.3) is 11.0 Å². The molecule has 1 aromatic heterocycles. The number of fused-ring (bicyclic) bond motifs is 1. The highest BCUT2D eigenvalue weighted by molar-refractivity contribution is 6.34. The maximum absolute atomic E-state index is 13.4. The third-order valence-electron chi connectivity index (χ3n) is 4.23. The molecule has 0 fully saturated rings. The highest BCUT2D eigenvalue weighted by Crippen LogP contribution is 2.22. The van der Waals surface area contributed by atoms with Gasteiger partial charge in [0.05, 0.1) is 15.4 Å². The average molecular weight is 479 g/mol. The summed E-state index contributed by atoms with van der Waals surface area (Å²) in [7, 11) is 0. The lowest BCUT2D eigenvalue weighted by Crippen LogP contribution is -2.31. The van der Waals surface area contributed by atoms with Crippen LogP contribution in [0, 0.1) is 5.82 Å². The summed E-state index contributed by atoms with van der Waals surface area (Å²) in [5, 5.41) is 5.50. The lowest BCUT2D eigenvalue weighted by Gasteiger charge is -2.10. The molecule has 3 rings (SSSR count). The van der Waals surface area contributed by atoms with Crippen LogP contribution in [0.5, 0.6) is 5.75 Å². The van der Waals surface area contributed by atoms with E-state index in [9.17, 15) is 18.8 Å². The van der Waals surface area contributed by atoms with Crippen LogP contribution in [0.3, 0.4) is 0 Å². The number of para-hydroxylation sites is 1. The van der Waals surface area contributed by atoms with Crippen molar-refractivity contribution in [2.75, 3.05) is 13.2 Å². The highest BCUT2D eigenvalue weighted by atomic mass is 35.5. The van der Waals surface area contributed by atoms with Crippen molar-refractivity contribution in [2.24, 2.45) is 0 Å². The quantitative estimate of drug-likeness (QED) is 0.508.